The van der Waals surface area contributed by atoms with Gasteiger partial charge in [0.15, 0.2) is 6.61 Å². The number of halogens is 2. The standard InChI is InChI=1S/C14H22F2N2O3/c1-13(2)4-10(18-9-19)5-14(3,7-13)8-17-12(20)21-6-11(15)16/h10-11H,4-8H2,1-3H3,(H,17,20). The highest BCUT2D eigenvalue weighted by Crippen LogP contribution is 2.46. The molecular weight excluding hydrogens is 282 g/mol. The third-order valence-electron chi connectivity index (χ3n) is 3.66. The van der Waals surface area contributed by atoms with Crippen LogP contribution >= 0.6 is 0 Å². The van der Waals surface area contributed by atoms with Crippen LogP contribution in [0.2, 0.25) is 0 Å². The largest absolute Gasteiger partial charge is 0.443 e. The monoisotopic (exact) mass is 304 g/mol. The van der Waals surface area contributed by atoms with Gasteiger partial charge in [0, 0.05) is 6.54 Å². The van der Waals surface area contributed by atoms with Crippen LogP contribution < -0.4 is 5.32 Å². The van der Waals surface area contributed by atoms with E-state index in [2.05, 4.69) is 28.9 Å². The molecule has 1 saturated carbocycles. The minimum atomic E-state index is -2.67. The van der Waals surface area contributed by atoms with Gasteiger partial charge in [0.1, 0.15) is 0 Å². The highest BCUT2D eigenvalue weighted by atomic mass is 19.3. The van der Waals surface area contributed by atoms with Gasteiger partial charge in [0.05, 0.1) is 6.04 Å². The summed E-state index contributed by atoms with van der Waals surface area (Å²) in [4.78, 5) is 25.6. The molecule has 0 bridgehead atoms. The van der Waals surface area contributed by atoms with Gasteiger partial charge in [-0.3, -0.25) is 0 Å². The van der Waals surface area contributed by atoms with E-state index in [1.807, 2.05) is 6.92 Å². The number of alkyl carbamates (subject to hydrolysis) is 1. The first-order valence-corrected chi connectivity index (χ1v) is 6.92. The Labute approximate surface area is 123 Å². The van der Waals surface area contributed by atoms with Crippen LogP contribution in [-0.2, 0) is 9.53 Å². The molecule has 1 aliphatic rings. The van der Waals surface area contributed by atoms with Gasteiger partial charge in [-0.15, -0.1) is 0 Å². The summed E-state index contributed by atoms with van der Waals surface area (Å²) in [6.07, 6.45) is 0.322. The fraction of sp³-hybridized carbons (Fsp3) is 0.857. The number of carbonyl (C=O) groups is 1. The van der Waals surface area contributed by atoms with Crippen molar-refractivity contribution in [2.75, 3.05) is 13.2 Å². The van der Waals surface area contributed by atoms with Crippen LogP contribution in [0.3, 0.4) is 0 Å². The number of isocyanates is 1. The molecule has 0 aliphatic heterocycles. The number of hydrogen-bond donors (Lipinski definition) is 1. The van der Waals surface area contributed by atoms with E-state index < -0.39 is 19.1 Å². The molecule has 1 aliphatic carbocycles. The molecule has 2 atom stereocenters. The molecule has 120 valence electrons. The van der Waals surface area contributed by atoms with Gasteiger partial charge in [0.25, 0.3) is 6.43 Å². The van der Waals surface area contributed by atoms with E-state index >= 15 is 0 Å². The first kappa shape index (κ1) is 17.6. The third kappa shape index (κ3) is 6.21. The normalized spacial score (nSPS) is 27.8. The number of hydrogen-bond acceptors (Lipinski definition) is 4. The predicted molar refractivity (Wildman–Crippen MR) is 73.0 cm³/mol. The van der Waals surface area contributed by atoms with Gasteiger partial charge in [-0.1, -0.05) is 20.8 Å². The molecule has 0 spiro atoms. The highest BCUT2D eigenvalue weighted by molar-refractivity contribution is 5.67. The Morgan fingerprint density at radius 1 is 1.43 bits per heavy atom. The Bertz CT molecular complexity index is 422. The molecule has 5 nitrogen and oxygen atoms in total. The molecule has 1 amide bonds. The van der Waals surface area contributed by atoms with Crippen LogP contribution in [0, 0.1) is 10.8 Å². The number of ether oxygens (including phenoxy) is 1. The third-order valence-corrected chi connectivity index (χ3v) is 3.66. The van der Waals surface area contributed by atoms with Crippen molar-refractivity contribution < 1.29 is 23.1 Å². The second-order valence-corrected chi connectivity index (χ2v) is 6.78. The molecule has 1 rings (SSSR count). The van der Waals surface area contributed by atoms with E-state index in [0.29, 0.717) is 13.0 Å². The maximum atomic E-state index is 11.9. The Morgan fingerprint density at radius 3 is 2.67 bits per heavy atom. The Balaban J connectivity index is 2.58. The average Bonchev–Trinajstić information content (AvgIpc) is 2.32. The molecule has 0 aromatic heterocycles. The highest BCUT2D eigenvalue weighted by Gasteiger charge is 2.41. The number of rotatable bonds is 5. The van der Waals surface area contributed by atoms with E-state index in [4.69, 9.17) is 0 Å². The summed E-state index contributed by atoms with van der Waals surface area (Å²) < 4.78 is 28.3. The summed E-state index contributed by atoms with van der Waals surface area (Å²) in [6, 6.07) is -0.130. The van der Waals surface area contributed by atoms with Gasteiger partial charge in [-0.25, -0.2) is 23.4 Å². The number of amides is 1. The topological polar surface area (TPSA) is 67.8 Å². The number of alkyl halides is 2. The van der Waals surface area contributed by atoms with Gasteiger partial charge in [0.2, 0.25) is 6.08 Å². The SMILES string of the molecule is CC1(C)CC(N=C=O)CC(C)(CNC(=O)OCC(F)F)C1. The molecule has 0 radical (unpaired) electrons. The fourth-order valence-corrected chi connectivity index (χ4v) is 3.35. The lowest BCUT2D eigenvalue weighted by Crippen LogP contribution is -2.45. The van der Waals surface area contributed by atoms with Gasteiger partial charge in [-0.2, -0.15) is 0 Å². The zero-order valence-corrected chi connectivity index (χ0v) is 12.6. The van der Waals surface area contributed by atoms with E-state index in [9.17, 15) is 18.4 Å². The molecule has 0 aromatic rings. The predicted octanol–water partition coefficient (Wildman–Crippen LogP) is 2.90. The van der Waals surface area contributed by atoms with Crippen LogP contribution in [0.5, 0.6) is 0 Å². The average molecular weight is 304 g/mol. The summed E-state index contributed by atoms with van der Waals surface area (Å²) in [5.74, 6) is 0. The molecule has 21 heavy (non-hydrogen) atoms. The second-order valence-electron chi connectivity index (χ2n) is 6.78. The maximum Gasteiger partial charge on any atom is 0.407 e. The summed E-state index contributed by atoms with van der Waals surface area (Å²) in [5.41, 5.74) is -0.289. The van der Waals surface area contributed by atoms with Crippen LogP contribution in [0.1, 0.15) is 40.0 Å². The van der Waals surface area contributed by atoms with Gasteiger partial charge < -0.3 is 10.1 Å². The Morgan fingerprint density at radius 2 is 2.10 bits per heavy atom. The summed E-state index contributed by atoms with van der Waals surface area (Å²) in [6.45, 7) is 5.52. The zero-order valence-electron chi connectivity index (χ0n) is 12.6. The van der Waals surface area contributed by atoms with Crippen molar-refractivity contribution in [3.63, 3.8) is 0 Å². The van der Waals surface area contributed by atoms with E-state index in [-0.39, 0.29) is 16.9 Å². The molecule has 0 aromatic carbocycles. The van der Waals surface area contributed by atoms with Gasteiger partial charge in [-0.05, 0) is 30.1 Å². The molecule has 0 heterocycles. The van der Waals surface area contributed by atoms with Crippen molar-refractivity contribution in [2.45, 2.75) is 52.5 Å². The van der Waals surface area contributed by atoms with E-state index in [1.54, 1.807) is 6.08 Å². The van der Waals surface area contributed by atoms with Crippen molar-refractivity contribution in [1.29, 1.82) is 0 Å². The van der Waals surface area contributed by atoms with Crippen molar-refractivity contribution in [3.05, 3.63) is 0 Å². The zero-order chi connectivity index (χ0) is 16.1. The molecule has 7 heteroatoms. The number of carbonyl (C=O) groups excluding carboxylic acids is 2. The van der Waals surface area contributed by atoms with Gasteiger partial charge >= 0.3 is 6.09 Å². The van der Waals surface area contributed by atoms with Crippen molar-refractivity contribution in [3.8, 4) is 0 Å². The lowest BCUT2D eigenvalue weighted by Gasteiger charge is -2.45. The summed E-state index contributed by atoms with van der Waals surface area (Å²) in [7, 11) is 0. The van der Waals surface area contributed by atoms with Crippen molar-refractivity contribution >= 4 is 12.2 Å². The molecule has 2 unspecified atom stereocenters. The lowest BCUT2D eigenvalue weighted by atomic mass is 9.63. The van der Waals surface area contributed by atoms with E-state index in [1.165, 1.54) is 0 Å². The molecular formula is C14H22F2N2O3. The smallest absolute Gasteiger partial charge is 0.407 e. The Kier molecular flexibility index (Phi) is 5.84. The maximum absolute atomic E-state index is 11.9. The first-order chi connectivity index (χ1) is 9.66. The number of aliphatic imine (C=N–C) groups is 1. The first-order valence-electron chi connectivity index (χ1n) is 6.92. The van der Waals surface area contributed by atoms with Crippen molar-refractivity contribution in [1.82, 2.24) is 5.32 Å². The van der Waals surface area contributed by atoms with E-state index in [0.717, 1.165) is 12.8 Å². The summed E-state index contributed by atoms with van der Waals surface area (Å²) >= 11 is 0. The number of nitrogens with zero attached hydrogens (tertiary/aromatic N) is 1. The molecule has 1 N–H and O–H groups in total. The second kappa shape index (κ2) is 6.98. The minimum Gasteiger partial charge on any atom is -0.443 e. The van der Waals surface area contributed by atoms with Crippen LogP contribution in [0.4, 0.5) is 13.6 Å². The van der Waals surface area contributed by atoms with Crippen LogP contribution in [0.15, 0.2) is 4.99 Å². The molecule has 1 fully saturated rings. The minimum absolute atomic E-state index is 0.0213. The lowest BCUT2D eigenvalue weighted by molar-refractivity contribution is 0.0430. The molecule has 0 saturated heterocycles. The van der Waals surface area contributed by atoms with Crippen molar-refractivity contribution in [2.24, 2.45) is 15.8 Å². The fourth-order valence-electron chi connectivity index (χ4n) is 3.35. The quantitative estimate of drug-likeness (QED) is 0.627. The number of nitrogens with one attached hydrogen (secondary N) is 1. The Hall–Kier alpha value is -1.49. The van der Waals surface area contributed by atoms with Crippen LogP contribution in [0.25, 0.3) is 0 Å². The summed E-state index contributed by atoms with van der Waals surface area (Å²) in [5, 5.41) is 2.51. The van der Waals surface area contributed by atoms with Crippen LogP contribution in [-0.4, -0.2) is 37.8 Å².